The molecule has 2 aliphatic heterocycles. The predicted octanol–water partition coefficient (Wildman–Crippen LogP) is 2.67. The molecule has 2 aliphatic rings. The van der Waals surface area contributed by atoms with Gasteiger partial charge in [0.05, 0.1) is 19.0 Å². The molecule has 4 heterocycles. The molecule has 2 aromatic rings. The lowest BCUT2D eigenvalue weighted by Gasteiger charge is -2.44. The van der Waals surface area contributed by atoms with Gasteiger partial charge in [0, 0.05) is 32.1 Å². The van der Waals surface area contributed by atoms with Gasteiger partial charge in [-0.05, 0) is 36.3 Å². The zero-order valence-corrected chi connectivity index (χ0v) is 14.5. The Morgan fingerprint density at radius 2 is 2.09 bits per heavy atom. The Morgan fingerprint density at radius 3 is 2.87 bits per heavy atom. The highest BCUT2D eigenvalue weighted by Crippen LogP contribution is 2.44. The van der Waals surface area contributed by atoms with Gasteiger partial charge in [-0.2, -0.15) is 0 Å². The summed E-state index contributed by atoms with van der Waals surface area (Å²) >= 11 is 1.86. The molecule has 0 radical (unpaired) electrons. The Balaban J connectivity index is 1.53. The van der Waals surface area contributed by atoms with Gasteiger partial charge in [0.1, 0.15) is 17.2 Å². The van der Waals surface area contributed by atoms with Crippen LogP contribution in [0.5, 0.6) is 0 Å². The first kappa shape index (κ1) is 14.9. The third-order valence-corrected chi connectivity index (χ3v) is 6.01. The van der Waals surface area contributed by atoms with E-state index in [1.165, 1.54) is 10.4 Å². The summed E-state index contributed by atoms with van der Waals surface area (Å²) in [6.07, 6.45) is 6.77. The number of thiophene rings is 1. The Morgan fingerprint density at radius 1 is 1.26 bits per heavy atom. The lowest BCUT2D eigenvalue weighted by atomic mass is 9.85. The summed E-state index contributed by atoms with van der Waals surface area (Å²) < 4.78 is 6.28. The molecule has 0 aliphatic carbocycles. The molecule has 0 unspecified atom stereocenters. The summed E-state index contributed by atoms with van der Waals surface area (Å²) in [7, 11) is 3.99. The van der Waals surface area contributed by atoms with Crippen molar-refractivity contribution in [3.05, 3.63) is 34.3 Å². The molecule has 0 atom stereocenters. The molecule has 1 spiro atoms. The van der Waals surface area contributed by atoms with Crippen LogP contribution in [0.4, 0.5) is 11.6 Å². The number of ether oxygens (including phenoxy) is 1. The van der Waals surface area contributed by atoms with Crippen LogP contribution in [0.25, 0.3) is 0 Å². The number of aromatic nitrogens is 2. The average Bonchev–Trinajstić information content (AvgIpc) is 3.06. The van der Waals surface area contributed by atoms with Crippen LogP contribution in [0.1, 0.15) is 23.3 Å². The number of fused-ring (bicyclic) bond motifs is 2. The Hall–Kier alpha value is -1.66. The largest absolute Gasteiger partial charge is 0.369 e. The third-order valence-electron chi connectivity index (χ3n) is 4.87. The minimum atomic E-state index is -0.0646. The van der Waals surface area contributed by atoms with Gasteiger partial charge in [0.25, 0.3) is 0 Å². The molecule has 1 saturated heterocycles. The van der Waals surface area contributed by atoms with Crippen LogP contribution in [-0.2, 0) is 16.8 Å². The SMILES string of the molecule is CN(C)c1cncc(N2CCC3(CC2)OCCc2ccsc23)n1. The van der Waals surface area contributed by atoms with Crippen LogP contribution in [0.3, 0.4) is 0 Å². The Bertz CT molecular complexity index is 691. The van der Waals surface area contributed by atoms with Crippen molar-refractivity contribution in [2.24, 2.45) is 0 Å². The lowest BCUT2D eigenvalue weighted by Crippen LogP contribution is -2.46. The topological polar surface area (TPSA) is 41.5 Å². The second kappa shape index (κ2) is 5.76. The number of rotatable bonds is 2. The number of hydrogen-bond donors (Lipinski definition) is 0. The highest BCUT2D eigenvalue weighted by molar-refractivity contribution is 7.10. The van der Waals surface area contributed by atoms with E-state index in [9.17, 15) is 0 Å². The van der Waals surface area contributed by atoms with Gasteiger partial charge in [-0.3, -0.25) is 4.98 Å². The summed E-state index contributed by atoms with van der Waals surface area (Å²) in [5, 5.41) is 2.21. The quantitative estimate of drug-likeness (QED) is 0.847. The van der Waals surface area contributed by atoms with Crippen LogP contribution < -0.4 is 9.80 Å². The van der Waals surface area contributed by atoms with Crippen molar-refractivity contribution in [1.29, 1.82) is 0 Å². The second-order valence-corrected chi connectivity index (χ2v) is 7.40. The van der Waals surface area contributed by atoms with E-state index < -0.39 is 0 Å². The van der Waals surface area contributed by atoms with Crippen molar-refractivity contribution in [1.82, 2.24) is 9.97 Å². The number of nitrogens with zero attached hydrogens (tertiary/aromatic N) is 4. The Labute approximate surface area is 140 Å². The zero-order chi connectivity index (χ0) is 15.9. The van der Waals surface area contributed by atoms with E-state index in [0.29, 0.717) is 0 Å². The Kier molecular flexibility index (Phi) is 3.73. The molecule has 122 valence electrons. The molecule has 1 fully saturated rings. The molecule has 6 heteroatoms. The fourth-order valence-electron chi connectivity index (χ4n) is 3.54. The molecule has 4 rings (SSSR count). The average molecular weight is 330 g/mol. The van der Waals surface area contributed by atoms with E-state index in [-0.39, 0.29) is 5.60 Å². The van der Waals surface area contributed by atoms with Crippen LogP contribution in [-0.4, -0.2) is 43.8 Å². The van der Waals surface area contributed by atoms with Gasteiger partial charge in [0.15, 0.2) is 0 Å². The summed E-state index contributed by atoms with van der Waals surface area (Å²) in [6, 6.07) is 2.27. The molecule has 0 bridgehead atoms. The fourth-order valence-corrected chi connectivity index (χ4v) is 4.70. The zero-order valence-electron chi connectivity index (χ0n) is 13.7. The number of anilines is 2. The van der Waals surface area contributed by atoms with Gasteiger partial charge < -0.3 is 14.5 Å². The normalized spacial score (nSPS) is 19.7. The highest BCUT2D eigenvalue weighted by atomic mass is 32.1. The van der Waals surface area contributed by atoms with Crippen molar-refractivity contribution in [3.63, 3.8) is 0 Å². The first-order valence-corrected chi connectivity index (χ1v) is 9.01. The van der Waals surface area contributed by atoms with Gasteiger partial charge in [-0.25, -0.2) is 4.98 Å². The maximum Gasteiger partial charge on any atom is 0.149 e. The predicted molar refractivity (Wildman–Crippen MR) is 93.5 cm³/mol. The van der Waals surface area contributed by atoms with Crippen molar-refractivity contribution < 1.29 is 4.74 Å². The van der Waals surface area contributed by atoms with Gasteiger partial charge >= 0.3 is 0 Å². The van der Waals surface area contributed by atoms with Crippen molar-refractivity contribution in [2.75, 3.05) is 43.6 Å². The molecule has 0 N–H and O–H groups in total. The van der Waals surface area contributed by atoms with Gasteiger partial charge in [-0.15, -0.1) is 11.3 Å². The number of hydrogen-bond acceptors (Lipinski definition) is 6. The van der Waals surface area contributed by atoms with Crippen LogP contribution >= 0.6 is 11.3 Å². The summed E-state index contributed by atoms with van der Waals surface area (Å²) in [5.74, 6) is 1.87. The summed E-state index contributed by atoms with van der Waals surface area (Å²) in [6.45, 7) is 2.77. The van der Waals surface area contributed by atoms with Crippen LogP contribution in [0.2, 0.25) is 0 Å². The van der Waals surface area contributed by atoms with E-state index in [2.05, 4.69) is 21.3 Å². The van der Waals surface area contributed by atoms with E-state index in [1.54, 1.807) is 6.20 Å². The minimum Gasteiger partial charge on any atom is -0.369 e. The fraction of sp³-hybridized carbons (Fsp3) is 0.529. The molecule has 5 nitrogen and oxygen atoms in total. The van der Waals surface area contributed by atoms with Crippen molar-refractivity contribution in [2.45, 2.75) is 24.9 Å². The number of piperidine rings is 1. The summed E-state index contributed by atoms with van der Waals surface area (Å²) in [5.41, 5.74) is 1.43. The highest BCUT2D eigenvalue weighted by Gasteiger charge is 2.42. The molecular weight excluding hydrogens is 308 g/mol. The van der Waals surface area contributed by atoms with Gasteiger partial charge in [0.2, 0.25) is 0 Å². The molecule has 0 amide bonds. The van der Waals surface area contributed by atoms with Gasteiger partial charge in [-0.1, -0.05) is 0 Å². The van der Waals surface area contributed by atoms with E-state index in [4.69, 9.17) is 9.72 Å². The second-order valence-electron chi connectivity index (χ2n) is 6.48. The summed E-state index contributed by atoms with van der Waals surface area (Å²) in [4.78, 5) is 14.8. The first-order valence-electron chi connectivity index (χ1n) is 8.13. The molecule has 23 heavy (non-hydrogen) atoms. The van der Waals surface area contributed by atoms with Crippen molar-refractivity contribution in [3.8, 4) is 0 Å². The molecule has 2 aromatic heterocycles. The van der Waals surface area contributed by atoms with Crippen LogP contribution in [0, 0.1) is 0 Å². The standard InChI is InChI=1S/C17H22N4OS/c1-20(2)14-11-18-12-15(19-14)21-7-5-17(6-8-21)16-13(3-9-22-17)4-10-23-16/h4,10-12H,3,5-9H2,1-2H3. The minimum absolute atomic E-state index is 0.0646. The molecular formula is C17H22N4OS. The maximum absolute atomic E-state index is 6.28. The van der Waals surface area contributed by atoms with E-state index in [0.717, 1.165) is 50.6 Å². The maximum atomic E-state index is 6.28. The smallest absolute Gasteiger partial charge is 0.149 e. The lowest BCUT2D eigenvalue weighted by molar-refractivity contribution is -0.0735. The van der Waals surface area contributed by atoms with E-state index in [1.807, 2.05) is 36.5 Å². The first-order chi connectivity index (χ1) is 11.2. The van der Waals surface area contributed by atoms with Crippen molar-refractivity contribution >= 4 is 23.0 Å². The molecule has 0 aromatic carbocycles. The van der Waals surface area contributed by atoms with Crippen LogP contribution in [0.15, 0.2) is 23.8 Å². The molecule has 0 saturated carbocycles. The van der Waals surface area contributed by atoms with E-state index >= 15 is 0 Å². The monoisotopic (exact) mass is 330 g/mol. The third kappa shape index (κ3) is 2.60.